The summed E-state index contributed by atoms with van der Waals surface area (Å²) in [5.74, 6) is -1.06. The molecule has 0 aromatic heterocycles. The number of allylic oxidation sites excluding steroid dienone is 1. The minimum absolute atomic E-state index is 0.217. The molecule has 4 rings (SSSR count). The van der Waals surface area contributed by atoms with Gasteiger partial charge in [0, 0.05) is 13.3 Å². The van der Waals surface area contributed by atoms with Gasteiger partial charge in [-0.25, -0.2) is 0 Å². The van der Waals surface area contributed by atoms with E-state index in [1.54, 1.807) is 6.08 Å². The van der Waals surface area contributed by atoms with Gasteiger partial charge in [0.15, 0.2) is 25.2 Å². The summed E-state index contributed by atoms with van der Waals surface area (Å²) in [7, 11) is 0. The van der Waals surface area contributed by atoms with Gasteiger partial charge >= 0.3 is 0 Å². The number of ether oxygens (including phenoxy) is 8. The van der Waals surface area contributed by atoms with Crippen LogP contribution in [-0.2, 0) is 47.5 Å². The van der Waals surface area contributed by atoms with Crippen molar-refractivity contribution in [3.63, 3.8) is 0 Å². The molecule has 0 saturated carbocycles. The number of unbranched alkanes of at least 4 members (excludes halogenated alkanes) is 25. The second-order valence-corrected chi connectivity index (χ2v) is 24.3. The maximum absolute atomic E-state index is 13.4. The highest BCUT2D eigenvalue weighted by Crippen LogP contribution is 2.35. The first-order valence-corrected chi connectivity index (χ1v) is 32.9. The van der Waals surface area contributed by atoms with E-state index >= 15 is 0 Å². The van der Waals surface area contributed by atoms with E-state index in [9.17, 15) is 76.0 Å². The predicted octanol–water partition coefficient (Wildman–Crippen LogP) is 1.78. The molecule has 15 N–H and O–H groups in total. The Morgan fingerprint density at radius 2 is 0.828 bits per heavy atom. The Morgan fingerprint density at radius 3 is 1.30 bits per heavy atom. The summed E-state index contributed by atoms with van der Waals surface area (Å²) in [6.07, 6.45) is 0.0598. The zero-order valence-electron chi connectivity index (χ0n) is 52.1. The summed E-state index contributed by atoms with van der Waals surface area (Å²) in [6.45, 7) is 1.59. The Labute approximate surface area is 515 Å². The first-order chi connectivity index (χ1) is 42.0. The van der Waals surface area contributed by atoms with E-state index in [0.717, 1.165) is 51.9 Å². The third-order valence-corrected chi connectivity index (χ3v) is 17.1. The fourth-order valence-corrected chi connectivity index (χ4v) is 11.7. The lowest BCUT2D eigenvalue weighted by Crippen LogP contribution is -2.70. The van der Waals surface area contributed by atoms with Crippen molar-refractivity contribution in [3.05, 3.63) is 12.2 Å². The number of aliphatic hydroxyl groups excluding tert-OH is 13. The summed E-state index contributed by atoms with van der Waals surface area (Å²) in [6, 6.07) is -2.62. The van der Waals surface area contributed by atoms with Gasteiger partial charge in [0.1, 0.15) is 97.6 Å². The molecule has 0 bridgehead atoms. The summed E-state index contributed by atoms with van der Waals surface area (Å²) < 4.78 is 46.7. The van der Waals surface area contributed by atoms with Crippen molar-refractivity contribution >= 4 is 11.8 Å². The van der Waals surface area contributed by atoms with Crippen molar-refractivity contribution in [1.29, 1.82) is 0 Å². The second-order valence-electron chi connectivity index (χ2n) is 24.3. The molecule has 25 nitrogen and oxygen atoms in total. The maximum Gasteiger partial charge on any atom is 0.220 e. The third-order valence-electron chi connectivity index (χ3n) is 17.1. The van der Waals surface area contributed by atoms with E-state index in [-0.39, 0.29) is 12.3 Å². The molecule has 87 heavy (non-hydrogen) atoms. The van der Waals surface area contributed by atoms with Crippen LogP contribution in [0.1, 0.15) is 201 Å². The monoisotopic (exact) mass is 1250 g/mol. The fraction of sp³-hybridized carbons (Fsp3) is 0.935. The number of hydrogen-bond donors (Lipinski definition) is 15. The van der Waals surface area contributed by atoms with Crippen molar-refractivity contribution in [2.45, 2.75) is 335 Å². The zero-order chi connectivity index (χ0) is 63.7. The summed E-state index contributed by atoms with van der Waals surface area (Å²) >= 11 is 0. The summed E-state index contributed by atoms with van der Waals surface area (Å²) in [4.78, 5) is 26.0. The molecule has 4 aliphatic rings. The Hall–Kier alpha value is -2.16. The van der Waals surface area contributed by atoms with Crippen LogP contribution in [0.2, 0.25) is 0 Å². The molecule has 25 heteroatoms. The van der Waals surface area contributed by atoms with Gasteiger partial charge in [-0.05, 0) is 19.3 Å². The topological polar surface area (TPSA) is 395 Å². The molecule has 2 amide bonds. The Morgan fingerprint density at radius 1 is 0.448 bits per heavy atom. The largest absolute Gasteiger partial charge is 0.394 e. The molecule has 4 heterocycles. The van der Waals surface area contributed by atoms with Crippen LogP contribution in [0.5, 0.6) is 0 Å². The van der Waals surface area contributed by atoms with Crippen LogP contribution in [0.15, 0.2) is 12.2 Å². The van der Waals surface area contributed by atoms with E-state index in [1.165, 1.54) is 116 Å². The van der Waals surface area contributed by atoms with Crippen molar-refractivity contribution in [1.82, 2.24) is 10.6 Å². The van der Waals surface area contributed by atoms with Crippen LogP contribution in [0.25, 0.3) is 0 Å². The van der Waals surface area contributed by atoms with Gasteiger partial charge in [-0.2, -0.15) is 0 Å². The molecule has 0 aromatic rings. The Balaban J connectivity index is 1.36. The lowest BCUT2D eigenvalue weighted by molar-refractivity contribution is -0.380. The smallest absolute Gasteiger partial charge is 0.220 e. The molecular weight excluding hydrogens is 1140 g/mol. The highest BCUT2D eigenvalue weighted by Gasteiger charge is 2.56. The van der Waals surface area contributed by atoms with E-state index < -0.39 is 174 Å². The quantitative estimate of drug-likeness (QED) is 0.0305. The molecule has 0 spiro atoms. The van der Waals surface area contributed by atoms with Crippen LogP contribution < -0.4 is 10.6 Å². The number of hydrogen-bond acceptors (Lipinski definition) is 23. The first-order valence-electron chi connectivity index (χ1n) is 32.9. The molecule has 4 saturated heterocycles. The van der Waals surface area contributed by atoms with Gasteiger partial charge < -0.3 is 115 Å². The molecule has 4 aliphatic heterocycles. The van der Waals surface area contributed by atoms with Gasteiger partial charge in [-0.15, -0.1) is 0 Å². The normalized spacial score (nSPS) is 33.8. The number of nitrogens with one attached hydrogen (secondary N) is 2. The van der Waals surface area contributed by atoms with Crippen molar-refractivity contribution in [3.8, 4) is 0 Å². The van der Waals surface area contributed by atoms with Crippen LogP contribution in [0, 0.1) is 0 Å². The molecule has 0 aromatic carbocycles. The van der Waals surface area contributed by atoms with Gasteiger partial charge in [-0.3, -0.25) is 9.59 Å². The summed E-state index contributed by atoms with van der Waals surface area (Å²) in [5, 5.41) is 147. The molecular formula is C62H114N2O23. The predicted molar refractivity (Wildman–Crippen MR) is 317 cm³/mol. The van der Waals surface area contributed by atoms with Gasteiger partial charge in [0.25, 0.3) is 0 Å². The Bertz CT molecular complexity index is 1830. The van der Waals surface area contributed by atoms with E-state index in [1.807, 2.05) is 6.08 Å². The highest BCUT2D eigenvalue weighted by molar-refractivity contribution is 5.76. The fourth-order valence-electron chi connectivity index (χ4n) is 11.7. The van der Waals surface area contributed by atoms with Gasteiger partial charge in [0.2, 0.25) is 11.8 Å². The van der Waals surface area contributed by atoms with Crippen molar-refractivity contribution in [2.75, 3.05) is 33.0 Å². The SMILES string of the molecule is CCCCCCCCCCCCC/C=C/[C@@H](O)[C@H](CO[C@@H]1O[C@H](CO)[C@@H](O[C@@H]2O[C@H](CO)[C@H](O[C@@H]3O[C@H](CO)[C@H](O)[C@H](O[C@@H]4O[C@H](CO)[C@H](O)[C@H](O)[C@H]4O)[C@H]3NC(C)=O)[C@H](O)[C@H]2O)[C@H](O)C1O)NC(=O)CCCCCCCCCCCCCCCCC. The lowest BCUT2D eigenvalue weighted by atomic mass is 9.94. The molecule has 0 aliphatic carbocycles. The number of aliphatic hydroxyl groups is 13. The van der Waals surface area contributed by atoms with Gasteiger partial charge in [0.05, 0.1) is 45.2 Å². The molecule has 4 fully saturated rings. The van der Waals surface area contributed by atoms with Crippen LogP contribution >= 0.6 is 0 Å². The van der Waals surface area contributed by atoms with E-state index in [2.05, 4.69) is 24.5 Å². The van der Waals surface area contributed by atoms with Crippen molar-refractivity contribution < 1.29 is 114 Å². The molecule has 510 valence electrons. The average Bonchev–Trinajstić information content (AvgIpc) is 3.37. The average molecular weight is 1260 g/mol. The third kappa shape index (κ3) is 26.0. The number of amides is 2. The van der Waals surface area contributed by atoms with Crippen molar-refractivity contribution in [2.24, 2.45) is 0 Å². The first kappa shape index (κ1) is 77.3. The van der Waals surface area contributed by atoms with Crippen LogP contribution in [0.3, 0.4) is 0 Å². The summed E-state index contributed by atoms with van der Waals surface area (Å²) in [5.41, 5.74) is 0. The maximum atomic E-state index is 13.4. The zero-order valence-corrected chi connectivity index (χ0v) is 52.1. The van der Waals surface area contributed by atoms with Crippen LogP contribution in [0.4, 0.5) is 0 Å². The molecule has 22 atom stereocenters. The Kier molecular flexibility index (Phi) is 38.8. The number of carbonyl (C=O) groups is 2. The van der Waals surface area contributed by atoms with Crippen LogP contribution in [-0.4, -0.2) is 246 Å². The van der Waals surface area contributed by atoms with E-state index in [0.29, 0.717) is 12.8 Å². The second kappa shape index (κ2) is 43.6. The minimum atomic E-state index is -2.10. The van der Waals surface area contributed by atoms with Gasteiger partial charge in [-0.1, -0.05) is 180 Å². The standard InChI is InChI=1S/C62H114N2O23/c1-4-6-8-10-12-14-16-18-19-21-23-25-27-29-31-33-46(71)64-40(41(70)32-30-28-26-24-22-20-17-15-13-11-9-7-5-2)38-80-60-54(78)51(75)57(44(36-67)83-60)86-62-55(79)52(76)56(45(37-68)84-62)85-59-47(63-39(3)69)58(49(73)43(35-66)81-59)87-61-53(77)50(74)48(72)42(34-65)82-61/h30,32,40-45,47-62,65-68,70,72-79H,4-29,31,33-38H2,1-3H3,(H,63,69)(H,64,71)/b32-30+/t40-,41+,42+,43+,44+,45+,47+,48-,49-,50-,51+,52+,53+,54?,55+,56-,57+,58+,59-,60+,61-,62-/m0/s1. The minimum Gasteiger partial charge on any atom is -0.394 e. The molecule has 1 unspecified atom stereocenters. The number of rotatable bonds is 45. The van der Waals surface area contributed by atoms with E-state index in [4.69, 9.17) is 37.9 Å². The molecule has 0 radical (unpaired) electrons. The number of carbonyl (C=O) groups excluding carboxylic acids is 2. The highest BCUT2D eigenvalue weighted by atomic mass is 16.8. The lowest BCUT2D eigenvalue weighted by Gasteiger charge is -2.50.